The summed E-state index contributed by atoms with van der Waals surface area (Å²) in [6.45, 7) is 4.55. The van der Waals surface area contributed by atoms with Gasteiger partial charge in [-0.25, -0.2) is 0 Å². The first-order valence-corrected chi connectivity index (χ1v) is 3.90. The summed E-state index contributed by atoms with van der Waals surface area (Å²) >= 11 is 0. The van der Waals surface area contributed by atoms with Crippen LogP contribution in [0.3, 0.4) is 0 Å². The Morgan fingerprint density at radius 2 is 2.18 bits per heavy atom. The fraction of sp³-hybridized carbons (Fsp3) is 0.667. The standard InChI is InChI=1S/C9H15NO/c1-9(2)7-8(9)5-4-6-10-11-3/h4-6,8H,7H2,1-3H3. The minimum atomic E-state index is 0.525. The summed E-state index contributed by atoms with van der Waals surface area (Å²) in [5.74, 6) is 0.741. The van der Waals surface area contributed by atoms with Gasteiger partial charge in [-0.1, -0.05) is 25.1 Å². The Labute approximate surface area is 67.9 Å². The Hall–Kier alpha value is -0.790. The van der Waals surface area contributed by atoms with E-state index in [1.165, 1.54) is 6.42 Å². The average molecular weight is 153 g/mol. The van der Waals surface area contributed by atoms with Crippen LogP contribution in [0.4, 0.5) is 0 Å². The summed E-state index contributed by atoms with van der Waals surface area (Å²) < 4.78 is 0. The zero-order valence-electron chi connectivity index (χ0n) is 7.37. The van der Waals surface area contributed by atoms with E-state index in [0.717, 1.165) is 5.92 Å². The molecule has 0 heterocycles. The third-order valence-corrected chi connectivity index (χ3v) is 2.19. The van der Waals surface area contributed by atoms with Gasteiger partial charge in [0.1, 0.15) is 7.11 Å². The maximum Gasteiger partial charge on any atom is 0.106 e. The van der Waals surface area contributed by atoms with Crippen LogP contribution in [0.15, 0.2) is 17.3 Å². The molecule has 0 radical (unpaired) electrons. The fourth-order valence-electron chi connectivity index (χ4n) is 1.12. The number of oxime groups is 1. The average Bonchev–Trinajstić information content (AvgIpc) is 2.52. The van der Waals surface area contributed by atoms with Crippen molar-refractivity contribution in [3.63, 3.8) is 0 Å². The molecule has 2 heteroatoms. The van der Waals surface area contributed by atoms with Crippen molar-refractivity contribution in [2.24, 2.45) is 16.5 Å². The molecule has 1 fully saturated rings. The van der Waals surface area contributed by atoms with E-state index in [0.29, 0.717) is 5.41 Å². The molecular formula is C9H15NO. The van der Waals surface area contributed by atoms with Gasteiger partial charge < -0.3 is 4.84 Å². The van der Waals surface area contributed by atoms with Gasteiger partial charge in [-0.3, -0.25) is 0 Å². The highest BCUT2D eigenvalue weighted by atomic mass is 16.6. The molecule has 1 aliphatic carbocycles. The monoisotopic (exact) mass is 153 g/mol. The molecule has 0 aromatic heterocycles. The van der Waals surface area contributed by atoms with Crippen LogP contribution in [0, 0.1) is 11.3 Å². The predicted octanol–water partition coefficient (Wildman–Crippen LogP) is 2.22. The molecular weight excluding hydrogens is 138 g/mol. The number of rotatable bonds is 3. The molecule has 1 aliphatic rings. The smallest absolute Gasteiger partial charge is 0.106 e. The van der Waals surface area contributed by atoms with Gasteiger partial charge in [-0.15, -0.1) is 0 Å². The van der Waals surface area contributed by atoms with Gasteiger partial charge in [-0.2, -0.15) is 0 Å². The summed E-state index contributed by atoms with van der Waals surface area (Å²) in [5.41, 5.74) is 0.525. The predicted molar refractivity (Wildman–Crippen MR) is 46.5 cm³/mol. The Balaban J connectivity index is 2.23. The normalized spacial score (nSPS) is 28.1. The second-order valence-corrected chi connectivity index (χ2v) is 3.62. The lowest BCUT2D eigenvalue weighted by Crippen LogP contribution is -1.85. The molecule has 1 atom stereocenters. The Kier molecular flexibility index (Phi) is 2.32. The fourth-order valence-corrected chi connectivity index (χ4v) is 1.12. The molecule has 0 saturated heterocycles. The molecule has 2 nitrogen and oxygen atoms in total. The van der Waals surface area contributed by atoms with Crippen molar-refractivity contribution < 1.29 is 4.84 Å². The van der Waals surface area contributed by atoms with E-state index in [-0.39, 0.29) is 0 Å². The first-order chi connectivity index (χ1) is 5.17. The summed E-state index contributed by atoms with van der Waals surface area (Å²) in [7, 11) is 1.55. The van der Waals surface area contributed by atoms with Crippen molar-refractivity contribution in [3.05, 3.63) is 12.2 Å². The summed E-state index contributed by atoms with van der Waals surface area (Å²) in [4.78, 5) is 4.51. The topological polar surface area (TPSA) is 21.6 Å². The molecule has 11 heavy (non-hydrogen) atoms. The lowest BCUT2D eigenvalue weighted by molar-refractivity contribution is 0.215. The van der Waals surface area contributed by atoms with E-state index in [1.54, 1.807) is 13.3 Å². The number of hydrogen-bond acceptors (Lipinski definition) is 2. The number of allylic oxidation sites excluding steroid dienone is 2. The SMILES string of the molecule is CON=CC=CC1CC1(C)C. The summed E-state index contributed by atoms with van der Waals surface area (Å²) in [6, 6.07) is 0. The van der Waals surface area contributed by atoms with Gasteiger partial charge >= 0.3 is 0 Å². The molecule has 0 aromatic rings. The van der Waals surface area contributed by atoms with Crippen LogP contribution < -0.4 is 0 Å². The Morgan fingerprint density at radius 3 is 2.64 bits per heavy atom. The lowest BCUT2D eigenvalue weighted by Gasteiger charge is -1.94. The Morgan fingerprint density at radius 1 is 1.55 bits per heavy atom. The maximum atomic E-state index is 4.51. The quantitative estimate of drug-likeness (QED) is 0.450. The van der Waals surface area contributed by atoms with E-state index in [4.69, 9.17) is 0 Å². The van der Waals surface area contributed by atoms with Crippen LogP contribution in [-0.4, -0.2) is 13.3 Å². The number of hydrogen-bond donors (Lipinski definition) is 0. The summed E-state index contributed by atoms with van der Waals surface area (Å²) in [5, 5.41) is 3.61. The molecule has 0 aromatic carbocycles. The zero-order chi connectivity index (χ0) is 8.32. The second kappa shape index (κ2) is 3.07. The summed E-state index contributed by atoms with van der Waals surface area (Å²) in [6.07, 6.45) is 7.10. The molecule has 0 bridgehead atoms. The Bertz CT molecular complexity index is 182. The zero-order valence-corrected chi connectivity index (χ0v) is 7.37. The van der Waals surface area contributed by atoms with E-state index in [9.17, 15) is 0 Å². The van der Waals surface area contributed by atoms with Crippen LogP contribution in [-0.2, 0) is 4.84 Å². The van der Waals surface area contributed by atoms with Gasteiger partial charge in [-0.05, 0) is 23.8 Å². The van der Waals surface area contributed by atoms with Gasteiger partial charge in [0.15, 0.2) is 0 Å². The van der Waals surface area contributed by atoms with Crippen molar-refractivity contribution in [1.82, 2.24) is 0 Å². The van der Waals surface area contributed by atoms with Crippen molar-refractivity contribution in [2.45, 2.75) is 20.3 Å². The van der Waals surface area contributed by atoms with E-state index in [1.807, 2.05) is 6.08 Å². The van der Waals surface area contributed by atoms with Crippen molar-refractivity contribution in [3.8, 4) is 0 Å². The third-order valence-electron chi connectivity index (χ3n) is 2.19. The second-order valence-electron chi connectivity index (χ2n) is 3.62. The molecule has 0 spiro atoms. The minimum absolute atomic E-state index is 0.525. The van der Waals surface area contributed by atoms with Crippen LogP contribution in [0.5, 0.6) is 0 Å². The highest BCUT2D eigenvalue weighted by molar-refractivity contribution is 5.70. The van der Waals surface area contributed by atoms with Crippen LogP contribution in [0.1, 0.15) is 20.3 Å². The van der Waals surface area contributed by atoms with E-state index >= 15 is 0 Å². The van der Waals surface area contributed by atoms with Crippen molar-refractivity contribution >= 4 is 6.21 Å². The first-order valence-electron chi connectivity index (χ1n) is 3.90. The number of nitrogens with zero attached hydrogens (tertiary/aromatic N) is 1. The van der Waals surface area contributed by atoms with Crippen LogP contribution in [0.25, 0.3) is 0 Å². The third kappa shape index (κ3) is 2.37. The largest absolute Gasteiger partial charge is 0.399 e. The van der Waals surface area contributed by atoms with Gasteiger partial charge in [0.25, 0.3) is 0 Å². The highest BCUT2D eigenvalue weighted by Gasteiger charge is 2.43. The van der Waals surface area contributed by atoms with Gasteiger partial charge in [0, 0.05) is 0 Å². The highest BCUT2D eigenvalue weighted by Crippen LogP contribution is 2.52. The molecule has 1 saturated carbocycles. The van der Waals surface area contributed by atoms with E-state index < -0.39 is 0 Å². The van der Waals surface area contributed by atoms with Crippen molar-refractivity contribution in [1.29, 1.82) is 0 Å². The van der Waals surface area contributed by atoms with Crippen LogP contribution in [0.2, 0.25) is 0 Å². The molecule has 1 unspecified atom stereocenters. The lowest BCUT2D eigenvalue weighted by atomic mass is 10.1. The minimum Gasteiger partial charge on any atom is -0.399 e. The maximum absolute atomic E-state index is 4.51. The van der Waals surface area contributed by atoms with Crippen LogP contribution >= 0.6 is 0 Å². The molecule has 0 N–H and O–H groups in total. The van der Waals surface area contributed by atoms with Gasteiger partial charge in [0.05, 0.1) is 6.21 Å². The molecule has 0 amide bonds. The molecule has 0 aliphatic heterocycles. The van der Waals surface area contributed by atoms with Crippen molar-refractivity contribution in [2.75, 3.05) is 7.11 Å². The first kappa shape index (κ1) is 8.31. The van der Waals surface area contributed by atoms with Gasteiger partial charge in [0.2, 0.25) is 0 Å². The molecule has 1 rings (SSSR count). The van der Waals surface area contributed by atoms with E-state index in [2.05, 4.69) is 29.9 Å². The molecule has 62 valence electrons.